The van der Waals surface area contributed by atoms with Crippen molar-refractivity contribution in [3.8, 4) is 0 Å². The van der Waals surface area contributed by atoms with Crippen LogP contribution in [0.1, 0.15) is 39.2 Å². The molecule has 2 unspecified atom stereocenters. The van der Waals surface area contributed by atoms with E-state index in [1.807, 2.05) is 0 Å². The average molecular weight is 244 g/mol. The zero-order valence-corrected chi connectivity index (χ0v) is 11.7. The Morgan fingerprint density at radius 1 is 1.22 bits per heavy atom. The van der Waals surface area contributed by atoms with E-state index < -0.39 is 0 Å². The Morgan fingerprint density at radius 2 is 2.00 bits per heavy atom. The zero-order valence-electron chi connectivity index (χ0n) is 11.7. The molecule has 2 rings (SSSR count). The van der Waals surface area contributed by atoms with Gasteiger partial charge in [0.05, 0.1) is 0 Å². The van der Waals surface area contributed by atoms with Crippen molar-refractivity contribution in [3.63, 3.8) is 0 Å². The Hall–Kier alpha value is -1.28. The van der Waals surface area contributed by atoms with Crippen LogP contribution >= 0.6 is 0 Å². The first kappa shape index (κ1) is 13.2. The fraction of sp³-hybridized carbons (Fsp3) is 0.500. The lowest BCUT2D eigenvalue weighted by atomic mass is 10.0. The van der Waals surface area contributed by atoms with E-state index in [9.17, 15) is 0 Å². The second kappa shape index (κ2) is 6.05. The third kappa shape index (κ3) is 3.14. The highest BCUT2D eigenvalue weighted by Gasteiger charge is 2.08. The predicted molar refractivity (Wildman–Crippen MR) is 78.7 cm³/mol. The second-order valence-electron chi connectivity index (χ2n) is 5.39. The molecule has 1 aromatic carbocycles. The van der Waals surface area contributed by atoms with Crippen LogP contribution in [0.15, 0.2) is 30.5 Å². The third-order valence-corrected chi connectivity index (χ3v) is 3.77. The SMILES string of the molecule is CCC(C)CC(C)NCc1c[nH]c2ccccc12. The number of nitrogens with one attached hydrogen (secondary N) is 2. The van der Waals surface area contributed by atoms with Gasteiger partial charge in [-0.3, -0.25) is 0 Å². The lowest BCUT2D eigenvalue weighted by Gasteiger charge is -2.17. The Balaban J connectivity index is 1.94. The molecule has 0 radical (unpaired) electrons. The number of aromatic nitrogens is 1. The number of benzene rings is 1. The molecule has 0 bridgehead atoms. The van der Waals surface area contributed by atoms with E-state index in [-0.39, 0.29) is 0 Å². The van der Waals surface area contributed by atoms with Crippen molar-refractivity contribution in [1.82, 2.24) is 10.3 Å². The maximum atomic E-state index is 3.62. The number of rotatable bonds is 6. The van der Waals surface area contributed by atoms with Crippen molar-refractivity contribution in [1.29, 1.82) is 0 Å². The van der Waals surface area contributed by atoms with Crippen LogP contribution in [0.4, 0.5) is 0 Å². The fourth-order valence-corrected chi connectivity index (χ4v) is 2.42. The Labute approximate surface area is 110 Å². The molecule has 2 heteroatoms. The van der Waals surface area contributed by atoms with Crippen LogP contribution in [-0.2, 0) is 6.54 Å². The maximum Gasteiger partial charge on any atom is 0.0457 e. The second-order valence-corrected chi connectivity index (χ2v) is 5.39. The molecule has 2 aromatic rings. The van der Waals surface area contributed by atoms with Crippen LogP contribution in [0.5, 0.6) is 0 Å². The van der Waals surface area contributed by atoms with E-state index in [2.05, 4.69) is 61.5 Å². The fourth-order valence-electron chi connectivity index (χ4n) is 2.42. The number of para-hydroxylation sites is 1. The minimum absolute atomic E-state index is 0.577. The van der Waals surface area contributed by atoms with Crippen LogP contribution in [0.25, 0.3) is 10.9 Å². The molecular weight excluding hydrogens is 220 g/mol. The van der Waals surface area contributed by atoms with Crippen molar-refractivity contribution in [2.45, 2.75) is 46.2 Å². The number of hydrogen-bond donors (Lipinski definition) is 2. The van der Waals surface area contributed by atoms with E-state index in [0.29, 0.717) is 6.04 Å². The number of fused-ring (bicyclic) bond motifs is 1. The van der Waals surface area contributed by atoms with Crippen LogP contribution in [0.2, 0.25) is 0 Å². The standard InChI is InChI=1S/C16H24N2/c1-4-12(2)9-13(3)17-10-14-11-18-16-8-6-5-7-15(14)16/h5-8,11-13,17-18H,4,9-10H2,1-3H3. The lowest BCUT2D eigenvalue weighted by molar-refractivity contribution is 0.412. The molecule has 1 heterocycles. The Bertz CT molecular complexity index is 487. The summed E-state index contributed by atoms with van der Waals surface area (Å²) in [6, 6.07) is 9.06. The molecule has 0 amide bonds. The van der Waals surface area contributed by atoms with Crippen molar-refractivity contribution >= 4 is 10.9 Å². The smallest absolute Gasteiger partial charge is 0.0457 e. The lowest BCUT2D eigenvalue weighted by Crippen LogP contribution is -2.27. The van der Waals surface area contributed by atoms with E-state index in [1.165, 1.54) is 29.3 Å². The molecule has 98 valence electrons. The number of hydrogen-bond acceptors (Lipinski definition) is 1. The topological polar surface area (TPSA) is 27.8 Å². The highest BCUT2D eigenvalue weighted by molar-refractivity contribution is 5.82. The Kier molecular flexibility index (Phi) is 4.43. The van der Waals surface area contributed by atoms with E-state index >= 15 is 0 Å². The Morgan fingerprint density at radius 3 is 2.78 bits per heavy atom. The van der Waals surface area contributed by atoms with Gasteiger partial charge in [-0.1, -0.05) is 38.5 Å². The van der Waals surface area contributed by atoms with Gasteiger partial charge in [-0.15, -0.1) is 0 Å². The summed E-state index contributed by atoms with van der Waals surface area (Å²) in [5.41, 5.74) is 2.59. The van der Waals surface area contributed by atoms with Crippen LogP contribution in [-0.4, -0.2) is 11.0 Å². The highest BCUT2D eigenvalue weighted by atomic mass is 14.9. The third-order valence-electron chi connectivity index (χ3n) is 3.77. The van der Waals surface area contributed by atoms with Gasteiger partial charge in [-0.25, -0.2) is 0 Å². The summed E-state index contributed by atoms with van der Waals surface area (Å²) in [5.74, 6) is 0.801. The van der Waals surface area contributed by atoms with Gasteiger partial charge in [0.1, 0.15) is 0 Å². The molecule has 0 aliphatic carbocycles. The molecule has 2 nitrogen and oxygen atoms in total. The maximum absolute atomic E-state index is 3.62. The van der Waals surface area contributed by atoms with Gasteiger partial charge in [-0.05, 0) is 30.9 Å². The first-order valence-corrected chi connectivity index (χ1v) is 6.99. The molecule has 2 atom stereocenters. The van der Waals surface area contributed by atoms with Crippen LogP contribution in [0, 0.1) is 5.92 Å². The molecule has 0 spiro atoms. The number of H-pyrrole nitrogens is 1. The van der Waals surface area contributed by atoms with Crippen molar-refractivity contribution in [3.05, 3.63) is 36.0 Å². The minimum atomic E-state index is 0.577. The van der Waals surface area contributed by atoms with Gasteiger partial charge in [0.25, 0.3) is 0 Å². The molecule has 18 heavy (non-hydrogen) atoms. The van der Waals surface area contributed by atoms with Crippen LogP contribution in [0.3, 0.4) is 0 Å². The van der Waals surface area contributed by atoms with Crippen molar-refractivity contribution in [2.24, 2.45) is 5.92 Å². The molecule has 0 saturated heterocycles. The monoisotopic (exact) mass is 244 g/mol. The van der Waals surface area contributed by atoms with Gasteiger partial charge >= 0.3 is 0 Å². The van der Waals surface area contributed by atoms with E-state index in [4.69, 9.17) is 0 Å². The summed E-state index contributed by atoms with van der Waals surface area (Å²) in [4.78, 5) is 3.32. The summed E-state index contributed by atoms with van der Waals surface area (Å²) >= 11 is 0. The summed E-state index contributed by atoms with van der Waals surface area (Å²) in [6.45, 7) is 7.81. The normalized spacial score (nSPS) is 14.8. The summed E-state index contributed by atoms with van der Waals surface area (Å²) in [5, 5.41) is 4.96. The minimum Gasteiger partial charge on any atom is -0.361 e. The number of aromatic amines is 1. The molecular formula is C16H24N2. The molecule has 0 aliphatic rings. The molecule has 0 saturated carbocycles. The summed E-state index contributed by atoms with van der Waals surface area (Å²) in [6.07, 6.45) is 4.63. The predicted octanol–water partition coefficient (Wildman–Crippen LogP) is 4.08. The first-order chi connectivity index (χ1) is 8.70. The van der Waals surface area contributed by atoms with E-state index in [0.717, 1.165) is 12.5 Å². The van der Waals surface area contributed by atoms with Crippen molar-refractivity contribution < 1.29 is 0 Å². The van der Waals surface area contributed by atoms with Gasteiger partial charge < -0.3 is 10.3 Å². The van der Waals surface area contributed by atoms with Crippen molar-refractivity contribution in [2.75, 3.05) is 0 Å². The quantitative estimate of drug-likeness (QED) is 0.787. The van der Waals surface area contributed by atoms with E-state index in [1.54, 1.807) is 0 Å². The van der Waals surface area contributed by atoms with Gasteiger partial charge in [0, 0.05) is 29.7 Å². The molecule has 1 aromatic heterocycles. The summed E-state index contributed by atoms with van der Waals surface area (Å²) in [7, 11) is 0. The highest BCUT2D eigenvalue weighted by Crippen LogP contribution is 2.18. The average Bonchev–Trinajstić information content (AvgIpc) is 2.79. The van der Waals surface area contributed by atoms with Gasteiger partial charge in [-0.2, -0.15) is 0 Å². The summed E-state index contributed by atoms with van der Waals surface area (Å²) < 4.78 is 0. The van der Waals surface area contributed by atoms with Gasteiger partial charge in [0.2, 0.25) is 0 Å². The zero-order chi connectivity index (χ0) is 13.0. The largest absolute Gasteiger partial charge is 0.361 e. The molecule has 2 N–H and O–H groups in total. The molecule has 0 fully saturated rings. The van der Waals surface area contributed by atoms with Gasteiger partial charge in [0.15, 0.2) is 0 Å². The molecule has 0 aliphatic heterocycles. The first-order valence-electron chi connectivity index (χ1n) is 6.99. The van der Waals surface area contributed by atoms with Crippen LogP contribution < -0.4 is 5.32 Å².